The highest BCUT2D eigenvalue weighted by Gasteiger charge is 2.15. The average Bonchev–Trinajstić information content (AvgIpc) is 2.65. The van der Waals surface area contributed by atoms with Crippen LogP contribution in [0.15, 0.2) is 0 Å². The maximum atomic E-state index is 11.9. The molecule has 1 amide bonds. The number of hydrogen-bond acceptors (Lipinski definition) is 3. The summed E-state index contributed by atoms with van der Waals surface area (Å²) in [4.78, 5) is 11.9. The zero-order chi connectivity index (χ0) is 13.8. The van der Waals surface area contributed by atoms with Crippen LogP contribution in [0, 0.1) is 19.8 Å². The van der Waals surface area contributed by atoms with Gasteiger partial charge in [0.25, 0.3) is 0 Å². The van der Waals surface area contributed by atoms with E-state index >= 15 is 0 Å². The lowest BCUT2D eigenvalue weighted by Gasteiger charge is -2.21. The summed E-state index contributed by atoms with van der Waals surface area (Å²) < 4.78 is 1.68. The van der Waals surface area contributed by atoms with Crippen LogP contribution in [0.25, 0.3) is 0 Å². The van der Waals surface area contributed by atoms with E-state index in [0.717, 1.165) is 17.9 Å². The summed E-state index contributed by atoms with van der Waals surface area (Å²) in [5, 5.41) is 7.29. The Morgan fingerprint density at radius 2 is 2.05 bits per heavy atom. The lowest BCUT2D eigenvalue weighted by Crippen LogP contribution is -2.33. The third-order valence-electron chi connectivity index (χ3n) is 4.04. The molecular formula is C14H24N4O. The van der Waals surface area contributed by atoms with Crippen LogP contribution in [0.1, 0.15) is 43.5 Å². The SMILES string of the molecule is Cc1nn(CC(=O)NCC2CCCCC2)c(C)c1N. The molecule has 0 unspecified atom stereocenters. The summed E-state index contributed by atoms with van der Waals surface area (Å²) >= 11 is 0. The fourth-order valence-electron chi connectivity index (χ4n) is 2.71. The first-order chi connectivity index (χ1) is 9.08. The molecule has 2 rings (SSSR count). The number of nitrogens with one attached hydrogen (secondary N) is 1. The molecule has 0 atom stereocenters. The van der Waals surface area contributed by atoms with Crippen molar-refractivity contribution in [3.63, 3.8) is 0 Å². The van der Waals surface area contributed by atoms with E-state index in [1.54, 1.807) is 4.68 Å². The van der Waals surface area contributed by atoms with Crippen LogP contribution < -0.4 is 11.1 Å². The number of aryl methyl sites for hydroxylation is 1. The topological polar surface area (TPSA) is 72.9 Å². The highest BCUT2D eigenvalue weighted by atomic mass is 16.2. The fourth-order valence-corrected chi connectivity index (χ4v) is 2.71. The van der Waals surface area contributed by atoms with Gasteiger partial charge in [0.2, 0.25) is 5.91 Å². The molecular weight excluding hydrogens is 240 g/mol. The van der Waals surface area contributed by atoms with Crippen LogP contribution in [0.5, 0.6) is 0 Å². The molecule has 0 radical (unpaired) electrons. The largest absolute Gasteiger partial charge is 0.396 e. The maximum absolute atomic E-state index is 11.9. The van der Waals surface area contributed by atoms with Gasteiger partial charge in [0.05, 0.1) is 17.1 Å². The molecule has 106 valence electrons. The number of amides is 1. The van der Waals surface area contributed by atoms with Crippen LogP contribution in [0.2, 0.25) is 0 Å². The minimum Gasteiger partial charge on any atom is -0.396 e. The van der Waals surface area contributed by atoms with Crippen LogP contribution >= 0.6 is 0 Å². The van der Waals surface area contributed by atoms with E-state index in [1.165, 1.54) is 32.1 Å². The molecule has 1 aromatic heterocycles. The predicted molar refractivity (Wildman–Crippen MR) is 75.7 cm³/mol. The molecule has 3 N–H and O–H groups in total. The van der Waals surface area contributed by atoms with Crippen LogP contribution in [0.4, 0.5) is 5.69 Å². The second kappa shape index (κ2) is 6.08. The summed E-state index contributed by atoms with van der Waals surface area (Å²) in [6.45, 7) is 4.81. The van der Waals surface area contributed by atoms with Gasteiger partial charge in [-0.25, -0.2) is 0 Å². The van der Waals surface area contributed by atoms with Crippen LogP contribution in [-0.2, 0) is 11.3 Å². The van der Waals surface area contributed by atoms with E-state index in [2.05, 4.69) is 10.4 Å². The number of carbonyl (C=O) groups is 1. The molecule has 0 saturated heterocycles. The molecule has 0 spiro atoms. The highest BCUT2D eigenvalue weighted by molar-refractivity contribution is 5.75. The molecule has 0 aromatic carbocycles. The number of nitrogens with two attached hydrogens (primary N) is 1. The number of aromatic nitrogens is 2. The monoisotopic (exact) mass is 264 g/mol. The van der Waals surface area contributed by atoms with E-state index < -0.39 is 0 Å². The summed E-state index contributed by atoms with van der Waals surface area (Å²) in [6.07, 6.45) is 6.43. The molecule has 0 bridgehead atoms. The van der Waals surface area contributed by atoms with Gasteiger partial charge in [-0.2, -0.15) is 5.10 Å². The molecule has 1 aliphatic carbocycles. The van der Waals surface area contributed by atoms with Crippen molar-refractivity contribution in [1.82, 2.24) is 15.1 Å². The molecule has 1 saturated carbocycles. The van der Waals surface area contributed by atoms with E-state index in [0.29, 0.717) is 11.6 Å². The lowest BCUT2D eigenvalue weighted by molar-refractivity contribution is -0.122. The molecule has 0 aliphatic heterocycles. The van der Waals surface area contributed by atoms with Crippen molar-refractivity contribution >= 4 is 11.6 Å². The first-order valence-electron chi connectivity index (χ1n) is 7.14. The zero-order valence-electron chi connectivity index (χ0n) is 11.9. The second-order valence-electron chi connectivity index (χ2n) is 5.55. The number of anilines is 1. The number of hydrogen-bond donors (Lipinski definition) is 2. The summed E-state index contributed by atoms with van der Waals surface area (Å²) in [5.74, 6) is 0.680. The third kappa shape index (κ3) is 3.49. The van der Waals surface area contributed by atoms with Crippen molar-refractivity contribution in [3.05, 3.63) is 11.4 Å². The van der Waals surface area contributed by atoms with Crippen molar-refractivity contribution in [2.24, 2.45) is 5.92 Å². The van der Waals surface area contributed by atoms with Crippen molar-refractivity contribution in [2.45, 2.75) is 52.5 Å². The summed E-state index contributed by atoms with van der Waals surface area (Å²) in [7, 11) is 0. The van der Waals surface area contributed by atoms with Gasteiger partial charge in [-0.1, -0.05) is 19.3 Å². The number of nitrogen functional groups attached to an aromatic ring is 1. The van der Waals surface area contributed by atoms with Crippen molar-refractivity contribution in [3.8, 4) is 0 Å². The maximum Gasteiger partial charge on any atom is 0.241 e. The van der Waals surface area contributed by atoms with Gasteiger partial charge in [-0.05, 0) is 32.6 Å². The van der Waals surface area contributed by atoms with Crippen LogP contribution in [-0.4, -0.2) is 22.2 Å². The number of rotatable bonds is 4. The van der Waals surface area contributed by atoms with E-state index in [1.807, 2.05) is 13.8 Å². The van der Waals surface area contributed by atoms with Crippen molar-refractivity contribution in [2.75, 3.05) is 12.3 Å². The summed E-state index contributed by atoms with van der Waals surface area (Å²) in [5.41, 5.74) is 8.19. The molecule has 1 heterocycles. The normalized spacial score (nSPS) is 16.5. The van der Waals surface area contributed by atoms with Crippen molar-refractivity contribution in [1.29, 1.82) is 0 Å². The third-order valence-corrected chi connectivity index (χ3v) is 4.04. The Kier molecular flexibility index (Phi) is 4.45. The zero-order valence-corrected chi connectivity index (χ0v) is 11.9. The first-order valence-corrected chi connectivity index (χ1v) is 7.14. The van der Waals surface area contributed by atoms with Gasteiger partial charge in [0.15, 0.2) is 0 Å². The van der Waals surface area contributed by atoms with Gasteiger partial charge in [-0.15, -0.1) is 0 Å². The summed E-state index contributed by atoms with van der Waals surface area (Å²) in [6, 6.07) is 0. The Labute approximate surface area is 114 Å². The Hall–Kier alpha value is -1.52. The van der Waals surface area contributed by atoms with E-state index in [9.17, 15) is 4.79 Å². The van der Waals surface area contributed by atoms with Crippen LogP contribution in [0.3, 0.4) is 0 Å². The Morgan fingerprint density at radius 1 is 1.37 bits per heavy atom. The van der Waals surface area contributed by atoms with E-state index in [4.69, 9.17) is 5.73 Å². The Balaban J connectivity index is 1.82. The minimum absolute atomic E-state index is 0.0242. The van der Waals surface area contributed by atoms with Gasteiger partial charge in [-0.3, -0.25) is 9.48 Å². The molecule has 19 heavy (non-hydrogen) atoms. The quantitative estimate of drug-likeness (QED) is 0.870. The first kappa shape index (κ1) is 13.9. The standard InChI is InChI=1S/C14H24N4O/c1-10-14(15)11(2)18(17-10)9-13(19)16-8-12-6-4-3-5-7-12/h12H,3-9,15H2,1-2H3,(H,16,19). The lowest BCUT2D eigenvalue weighted by atomic mass is 9.89. The minimum atomic E-state index is 0.0242. The molecule has 5 nitrogen and oxygen atoms in total. The number of nitrogens with zero attached hydrogens (tertiary/aromatic N) is 2. The Bertz CT molecular complexity index is 447. The second-order valence-corrected chi connectivity index (χ2v) is 5.55. The molecule has 1 aliphatic rings. The molecule has 1 fully saturated rings. The average molecular weight is 264 g/mol. The number of carbonyl (C=O) groups excluding carboxylic acids is 1. The fraction of sp³-hybridized carbons (Fsp3) is 0.714. The van der Waals surface area contributed by atoms with Crippen molar-refractivity contribution < 1.29 is 4.79 Å². The van der Waals surface area contributed by atoms with E-state index in [-0.39, 0.29) is 12.5 Å². The van der Waals surface area contributed by atoms with Gasteiger partial charge in [0, 0.05) is 6.54 Å². The van der Waals surface area contributed by atoms with Gasteiger partial charge in [0.1, 0.15) is 6.54 Å². The smallest absolute Gasteiger partial charge is 0.241 e. The van der Waals surface area contributed by atoms with Gasteiger partial charge < -0.3 is 11.1 Å². The van der Waals surface area contributed by atoms with Gasteiger partial charge >= 0.3 is 0 Å². The Morgan fingerprint density at radius 3 is 2.63 bits per heavy atom. The highest BCUT2D eigenvalue weighted by Crippen LogP contribution is 2.22. The molecule has 5 heteroatoms. The predicted octanol–water partition coefficient (Wildman–Crippen LogP) is 1.78. The molecule has 1 aromatic rings.